The molecule has 1 saturated carbocycles. The summed E-state index contributed by atoms with van der Waals surface area (Å²) in [6.07, 6.45) is 8.10. The Labute approximate surface area is 177 Å². The maximum Gasteiger partial charge on any atom is 0.191 e. The van der Waals surface area contributed by atoms with Crippen LogP contribution in [0.5, 0.6) is 0 Å². The zero-order valence-electron chi connectivity index (χ0n) is 16.9. The first-order valence-corrected chi connectivity index (χ1v) is 10.6. The fraction of sp³-hybridized carbons (Fsp3) is 0.950. The minimum Gasteiger partial charge on any atom is -0.373 e. The number of guanidine groups is 1. The third-order valence-corrected chi connectivity index (χ3v) is 6.31. The van der Waals surface area contributed by atoms with Crippen LogP contribution in [0.3, 0.4) is 0 Å². The molecule has 2 heterocycles. The lowest BCUT2D eigenvalue weighted by molar-refractivity contribution is -0.0432. The van der Waals surface area contributed by atoms with Gasteiger partial charge in [-0.3, -0.25) is 9.89 Å². The summed E-state index contributed by atoms with van der Waals surface area (Å²) >= 11 is 0. The number of hydrogen-bond acceptors (Lipinski definition) is 3. The summed E-state index contributed by atoms with van der Waals surface area (Å²) in [6, 6.07) is 1.24. The van der Waals surface area contributed by atoms with Crippen LogP contribution >= 0.6 is 24.0 Å². The van der Waals surface area contributed by atoms with Crippen LogP contribution in [0.2, 0.25) is 0 Å². The van der Waals surface area contributed by atoms with Crippen molar-refractivity contribution in [2.75, 3.05) is 32.8 Å². The second kappa shape index (κ2) is 11.1. The highest BCUT2D eigenvalue weighted by molar-refractivity contribution is 14.0. The fourth-order valence-corrected chi connectivity index (χ4v) is 4.63. The normalized spacial score (nSPS) is 32.8. The predicted octanol–water partition coefficient (Wildman–Crippen LogP) is 3.24. The van der Waals surface area contributed by atoms with Gasteiger partial charge >= 0.3 is 0 Å². The van der Waals surface area contributed by atoms with Gasteiger partial charge in [0.25, 0.3) is 0 Å². The lowest BCUT2D eigenvalue weighted by Crippen LogP contribution is -2.48. The molecular formula is C20H39IN4O. The molecule has 26 heavy (non-hydrogen) atoms. The summed E-state index contributed by atoms with van der Waals surface area (Å²) in [5.41, 5.74) is 0. The fourth-order valence-electron chi connectivity index (χ4n) is 4.63. The molecule has 2 unspecified atom stereocenters. The number of halogens is 1. The maximum atomic E-state index is 6.05. The van der Waals surface area contributed by atoms with Crippen LogP contribution in [-0.2, 0) is 4.74 Å². The average molecular weight is 478 g/mol. The first-order chi connectivity index (χ1) is 12.2. The van der Waals surface area contributed by atoms with Crippen molar-refractivity contribution in [3.63, 3.8) is 0 Å². The SMILES string of the molecule is CCNC(=NCC1CN2CCCC2CO1)NC1CCC(C(C)C)CC1.I. The van der Waals surface area contributed by atoms with E-state index in [1.807, 2.05) is 0 Å². The molecule has 0 amide bonds. The molecule has 5 nitrogen and oxygen atoms in total. The Morgan fingerprint density at radius 1 is 1.19 bits per heavy atom. The number of nitrogens with zero attached hydrogens (tertiary/aromatic N) is 2. The molecule has 2 atom stereocenters. The Hall–Kier alpha value is -0.0800. The quantitative estimate of drug-likeness (QED) is 0.362. The Morgan fingerprint density at radius 3 is 2.65 bits per heavy atom. The molecule has 0 aromatic heterocycles. The molecule has 3 aliphatic rings. The Bertz CT molecular complexity index is 438. The molecule has 2 saturated heterocycles. The van der Waals surface area contributed by atoms with E-state index < -0.39 is 0 Å². The highest BCUT2D eigenvalue weighted by Gasteiger charge is 2.32. The number of rotatable bonds is 5. The minimum atomic E-state index is 0. The summed E-state index contributed by atoms with van der Waals surface area (Å²) in [7, 11) is 0. The molecule has 3 rings (SSSR count). The van der Waals surface area contributed by atoms with E-state index in [0.717, 1.165) is 44.0 Å². The Balaban J connectivity index is 0.00000243. The Morgan fingerprint density at radius 2 is 1.96 bits per heavy atom. The number of hydrogen-bond donors (Lipinski definition) is 2. The van der Waals surface area contributed by atoms with Crippen molar-refractivity contribution in [2.24, 2.45) is 16.8 Å². The molecule has 2 aliphatic heterocycles. The van der Waals surface area contributed by atoms with E-state index in [1.165, 1.54) is 45.1 Å². The lowest BCUT2D eigenvalue weighted by Gasteiger charge is -2.35. The van der Waals surface area contributed by atoms with E-state index in [0.29, 0.717) is 12.1 Å². The predicted molar refractivity (Wildman–Crippen MR) is 119 cm³/mol. The van der Waals surface area contributed by atoms with Crippen molar-refractivity contribution in [3.05, 3.63) is 0 Å². The van der Waals surface area contributed by atoms with Crippen LogP contribution in [0, 0.1) is 11.8 Å². The zero-order valence-corrected chi connectivity index (χ0v) is 19.2. The van der Waals surface area contributed by atoms with Crippen molar-refractivity contribution in [3.8, 4) is 0 Å². The molecule has 0 radical (unpaired) electrons. The monoisotopic (exact) mass is 478 g/mol. The van der Waals surface area contributed by atoms with Gasteiger partial charge in [0.2, 0.25) is 0 Å². The van der Waals surface area contributed by atoms with E-state index >= 15 is 0 Å². The largest absolute Gasteiger partial charge is 0.373 e. The maximum absolute atomic E-state index is 6.05. The van der Waals surface area contributed by atoms with Gasteiger partial charge in [-0.1, -0.05) is 13.8 Å². The highest BCUT2D eigenvalue weighted by Crippen LogP contribution is 2.29. The first-order valence-electron chi connectivity index (χ1n) is 10.6. The summed E-state index contributed by atoms with van der Waals surface area (Å²) < 4.78 is 6.05. The lowest BCUT2D eigenvalue weighted by atomic mass is 9.80. The molecule has 0 spiro atoms. The van der Waals surface area contributed by atoms with Crippen LogP contribution in [0.25, 0.3) is 0 Å². The third-order valence-electron chi connectivity index (χ3n) is 6.31. The van der Waals surface area contributed by atoms with Crippen LogP contribution in [0.15, 0.2) is 4.99 Å². The van der Waals surface area contributed by atoms with Crippen LogP contribution < -0.4 is 10.6 Å². The van der Waals surface area contributed by atoms with Gasteiger partial charge in [-0.2, -0.15) is 0 Å². The van der Waals surface area contributed by atoms with Gasteiger partial charge in [0, 0.05) is 25.2 Å². The highest BCUT2D eigenvalue weighted by atomic mass is 127. The third kappa shape index (κ3) is 6.23. The molecule has 0 bridgehead atoms. The van der Waals surface area contributed by atoms with Crippen molar-refractivity contribution in [2.45, 2.75) is 77.5 Å². The Kier molecular flexibility index (Phi) is 9.44. The number of fused-ring (bicyclic) bond motifs is 1. The van der Waals surface area contributed by atoms with Crippen molar-refractivity contribution < 1.29 is 4.74 Å². The van der Waals surface area contributed by atoms with Crippen LogP contribution in [0.4, 0.5) is 0 Å². The smallest absolute Gasteiger partial charge is 0.191 e. The molecule has 0 aromatic rings. The molecule has 6 heteroatoms. The van der Waals surface area contributed by atoms with E-state index in [1.54, 1.807) is 0 Å². The molecule has 152 valence electrons. The van der Waals surface area contributed by atoms with E-state index in [4.69, 9.17) is 9.73 Å². The summed E-state index contributed by atoms with van der Waals surface area (Å²) in [4.78, 5) is 7.44. The van der Waals surface area contributed by atoms with Crippen molar-refractivity contribution in [1.29, 1.82) is 0 Å². The van der Waals surface area contributed by atoms with Crippen molar-refractivity contribution in [1.82, 2.24) is 15.5 Å². The van der Waals surface area contributed by atoms with Crippen LogP contribution in [-0.4, -0.2) is 61.8 Å². The first kappa shape index (κ1) is 22.2. The molecule has 2 N–H and O–H groups in total. The number of ether oxygens (including phenoxy) is 1. The van der Waals surface area contributed by atoms with Gasteiger partial charge in [-0.05, 0) is 63.8 Å². The molecular weight excluding hydrogens is 439 g/mol. The second-order valence-electron chi connectivity index (χ2n) is 8.47. The molecule has 3 fully saturated rings. The van der Waals surface area contributed by atoms with E-state index in [-0.39, 0.29) is 30.1 Å². The number of aliphatic imine (C=N–C) groups is 1. The van der Waals surface area contributed by atoms with Gasteiger partial charge in [0.05, 0.1) is 19.3 Å². The second-order valence-corrected chi connectivity index (χ2v) is 8.47. The van der Waals surface area contributed by atoms with Gasteiger partial charge < -0.3 is 15.4 Å². The minimum absolute atomic E-state index is 0. The standard InChI is InChI=1S/C20H38N4O.HI/c1-4-21-20(23-17-9-7-16(8-10-17)15(2)3)22-12-19-13-24-11-5-6-18(24)14-25-19;/h15-19H,4-14H2,1-3H3,(H2,21,22,23);1H. The summed E-state index contributed by atoms with van der Waals surface area (Å²) in [5, 5.41) is 7.09. The zero-order chi connectivity index (χ0) is 17.6. The van der Waals surface area contributed by atoms with Crippen molar-refractivity contribution >= 4 is 29.9 Å². The topological polar surface area (TPSA) is 48.9 Å². The number of nitrogens with one attached hydrogen (secondary N) is 2. The molecule has 0 aromatic carbocycles. The number of morpholine rings is 1. The molecule has 1 aliphatic carbocycles. The van der Waals surface area contributed by atoms with Gasteiger partial charge in [0.15, 0.2) is 5.96 Å². The van der Waals surface area contributed by atoms with Crippen LogP contribution in [0.1, 0.15) is 59.3 Å². The van der Waals surface area contributed by atoms with Gasteiger partial charge in [-0.15, -0.1) is 24.0 Å². The average Bonchev–Trinajstić information content (AvgIpc) is 3.08. The van der Waals surface area contributed by atoms with E-state index in [2.05, 4.69) is 36.3 Å². The van der Waals surface area contributed by atoms with Gasteiger partial charge in [-0.25, -0.2) is 0 Å². The van der Waals surface area contributed by atoms with E-state index in [9.17, 15) is 0 Å². The summed E-state index contributed by atoms with van der Waals surface area (Å²) in [6.45, 7) is 11.7. The van der Waals surface area contributed by atoms with Gasteiger partial charge in [0.1, 0.15) is 0 Å². The summed E-state index contributed by atoms with van der Waals surface area (Å²) in [5.74, 6) is 2.70.